The molecule has 0 amide bonds. The molecule has 1 aromatic heterocycles. The molecule has 0 unspecified atom stereocenters. The van der Waals surface area contributed by atoms with Crippen molar-refractivity contribution in [1.29, 1.82) is 0 Å². The third-order valence-corrected chi connectivity index (χ3v) is 3.53. The number of carbonyl (C=O) groups is 1. The largest absolute Gasteiger partial charge is 0.466 e. The average molecular weight is 291 g/mol. The summed E-state index contributed by atoms with van der Waals surface area (Å²) >= 11 is 0. The van der Waals surface area contributed by atoms with E-state index in [1.165, 1.54) is 18.5 Å². The summed E-state index contributed by atoms with van der Waals surface area (Å²) in [6, 6.07) is 2.04. The van der Waals surface area contributed by atoms with Crippen molar-refractivity contribution in [2.24, 2.45) is 0 Å². The van der Waals surface area contributed by atoms with Crippen molar-refractivity contribution in [3.05, 3.63) is 23.7 Å². The third kappa shape index (κ3) is 5.61. The summed E-state index contributed by atoms with van der Waals surface area (Å²) in [7, 11) is 0. The van der Waals surface area contributed by atoms with Crippen molar-refractivity contribution in [3.63, 3.8) is 0 Å². The summed E-state index contributed by atoms with van der Waals surface area (Å²) in [6.07, 6.45) is 10.0. The first-order valence-electron chi connectivity index (χ1n) is 7.91. The van der Waals surface area contributed by atoms with Crippen molar-refractivity contribution in [1.82, 2.24) is 15.1 Å². The molecule has 0 radical (unpaired) electrons. The summed E-state index contributed by atoms with van der Waals surface area (Å²) in [5.41, 5.74) is 2.29. The minimum absolute atomic E-state index is 0.105. The number of ether oxygens (including phenoxy) is 1. The molecule has 1 N–H and O–H groups in total. The second-order valence-electron chi connectivity index (χ2n) is 5.32. The zero-order valence-electron chi connectivity index (χ0n) is 12.8. The Labute approximate surface area is 126 Å². The molecule has 1 saturated heterocycles. The third-order valence-electron chi connectivity index (χ3n) is 3.53. The molecule has 0 aromatic carbocycles. The van der Waals surface area contributed by atoms with Crippen molar-refractivity contribution in [2.45, 2.75) is 52.0 Å². The number of hydrogen-bond donors (Lipinski definition) is 1. The summed E-state index contributed by atoms with van der Waals surface area (Å²) in [6.45, 7) is 4.21. The number of hydrogen-bond acceptors (Lipinski definition) is 4. The Balaban J connectivity index is 1.71. The van der Waals surface area contributed by atoms with E-state index < -0.39 is 0 Å². The van der Waals surface area contributed by atoms with E-state index in [4.69, 9.17) is 4.74 Å². The van der Waals surface area contributed by atoms with Crippen LogP contribution in [0.3, 0.4) is 0 Å². The average Bonchev–Trinajstić information content (AvgIpc) is 2.92. The summed E-state index contributed by atoms with van der Waals surface area (Å²) in [4.78, 5) is 11.2. The summed E-state index contributed by atoms with van der Waals surface area (Å²) < 4.78 is 6.85. The van der Waals surface area contributed by atoms with Gasteiger partial charge in [-0.2, -0.15) is 5.10 Å². The van der Waals surface area contributed by atoms with Gasteiger partial charge < -0.3 is 10.1 Å². The number of carbonyl (C=O) groups excluding carboxylic acids is 1. The van der Waals surface area contributed by atoms with E-state index in [1.807, 2.05) is 23.9 Å². The number of allylic oxidation sites excluding steroid dienone is 1. The van der Waals surface area contributed by atoms with Gasteiger partial charge in [0.25, 0.3) is 0 Å². The lowest BCUT2D eigenvalue weighted by molar-refractivity contribution is -0.143. The van der Waals surface area contributed by atoms with Crippen LogP contribution in [0.15, 0.2) is 18.0 Å². The van der Waals surface area contributed by atoms with Gasteiger partial charge in [0.2, 0.25) is 0 Å². The van der Waals surface area contributed by atoms with Crippen LogP contribution in [0.2, 0.25) is 0 Å². The molecule has 1 aromatic rings. The van der Waals surface area contributed by atoms with E-state index >= 15 is 0 Å². The van der Waals surface area contributed by atoms with Crippen molar-refractivity contribution >= 4 is 12.0 Å². The van der Waals surface area contributed by atoms with Gasteiger partial charge in [0.05, 0.1) is 12.3 Å². The first kappa shape index (κ1) is 15.6. The number of nitrogens with one attached hydrogen (secondary N) is 1. The second kappa shape index (κ2) is 8.49. The zero-order valence-corrected chi connectivity index (χ0v) is 12.8. The van der Waals surface area contributed by atoms with Gasteiger partial charge in [0.15, 0.2) is 0 Å². The van der Waals surface area contributed by atoms with Crippen LogP contribution in [0.5, 0.6) is 0 Å². The number of aromatic nitrogens is 2. The lowest BCUT2D eigenvalue weighted by Crippen LogP contribution is -2.19. The van der Waals surface area contributed by atoms with Gasteiger partial charge in [-0.25, -0.2) is 0 Å². The molecular formula is C16H25N3O2. The van der Waals surface area contributed by atoms with E-state index in [0.29, 0.717) is 13.0 Å². The Morgan fingerprint density at radius 1 is 1.48 bits per heavy atom. The highest BCUT2D eigenvalue weighted by Crippen LogP contribution is 2.13. The monoisotopic (exact) mass is 291 g/mol. The van der Waals surface area contributed by atoms with Gasteiger partial charge in [0.1, 0.15) is 0 Å². The molecular weight excluding hydrogens is 266 g/mol. The molecule has 2 rings (SSSR count). The van der Waals surface area contributed by atoms with Crippen LogP contribution in [0.25, 0.3) is 6.08 Å². The van der Waals surface area contributed by atoms with E-state index in [2.05, 4.69) is 16.5 Å². The number of unbranched alkanes of at least 4 members (excludes halogenated alkanes) is 1. The van der Waals surface area contributed by atoms with Gasteiger partial charge >= 0.3 is 5.97 Å². The smallest absolute Gasteiger partial charge is 0.305 e. The van der Waals surface area contributed by atoms with E-state index in [0.717, 1.165) is 38.0 Å². The van der Waals surface area contributed by atoms with Crippen molar-refractivity contribution in [3.8, 4) is 0 Å². The number of rotatable bonds is 7. The number of aryl methyl sites for hydroxylation is 1. The van der Waals surface area contributed by atoms with Gasteiger partial charge in [0, 0.05) is 31.4 Å². The minimum Gasteiger partial charge on any atom is -0.466 e. The highest BCUT2D eigenvalue weighted by atomic mass is 16.5. The topological polar surface area (TPSA) is 56.1 Å². The fourth-order valence-corrected chi connectivity index (χ4v) is 2.43. The maximum Gasteiger partial charge on any atom is 0.305 e. The molecule has 21 heavy (non-hydrogen) atoms. The molecule has 1 aliphatic rings. The van der Waals surface area contributed by atoms with Crippen molar-refractivity contribution in [2.75, 3.05) is 13.2 Å². The predicted octanol–water partition coefficient (Wildman–Crippen LogP) is 2.73. The summed E-state index contributed by atoms with van der Waals surface area (Å²) in [5, 5.41) is 7.96. The first-order chi connectivity index (χ1) is 10.3. The van der Waals surface area contributed by atoms with Crippen LogP contribution in [0.4, 0.5) is 0 Å². The van der Waals surface area contributed by atoms with Crippen LogP contribution in [-0.2, 0) is 16.1 Å². The fourth-order valence-electron chi connectivity index (χ4n) is 2.43. The standard InChI is InChI=1S/C16H25N3O2/c1-2-21-16(20)8-4-6-11-19-12-9-15(18-19)13-14-7-3-5-10-17-14/h9,12-13,17H,2-8,10-11H2,1H3. The SMILES string of the molecule is CCOC(=O)CCCCn1ccc(C=C2CCCCN2)n1. The van der Waals surface area contributed by atoms with Crippen LogP contribution in [0.1, 0.15) is 51.1 Å². The second-order valence-corrected chi connectivity index (χ2v) is 5.32. The van der Waals surface area contributed by atoms with Crippen molar-refractivity contribution < 1.29 is 9.53 Å². The molecule has 5 heteroatoms. The molecule has 0 atom stereocenters. The van der Waals surface area contributed by atoms with Crippen LogP contribution < -0.4 is 5.32 Å². The lowest BCUT2D eigenvalue weighted by Gasteiger charge is -2.15. The summed E-state index contributed by atoms with van der Waals surface area (Å²) in [5.74, 6) is -0.105. The first-order valence-corrected chi connectivity index (χ1v) is 7.91. The molecule has 2 heterocycles. The van der Waals surface area contributed by atoms with Gasteiger partial charge in [-0.1, -0.05) is 0 Å². The highest BCUT2D eigenvalue weighted by Gasteiger charge is 2.05. The molecule has 0 bridgehead atoms. The normalized spacial score (nSPS) is 16.7. The molecule has 5 nitrogen and oxygen atoms in total. The molecule has 0 aliphatic carbocycles. The highest BCUT2D eigenvalue weighted by molar-refractivity contribution is 5.69. The molecule has 0 spiro atoms. The van der Waals surface area contributed by atoms with Gasteiger partial charge in [-0.05, 0) is 51.2 Å². The lowest BCUT2D eigenvalue weighted by atomic mass is 10.1. The Bertz CT molecular complexity index is 472. The number of nitrogens with zero attached hydrogens (tertiary/aromatic N) is 2. The Morgan fingerprint density at radius 2 is 2.38 bits per heavy atom. The fraction of sp³-hybridized carbons (Fsp3) is 0.625. The van der Waals surface area contributed by atoms with Crippen LogP contribution >= 0.6 is 0 Å². The Morgan fingerprint density at radius 3 is 3.14 bits per heavy atom. The molecule has 1 fully saturated rings. The van der Waals surface area contributed by atoms with Crippen LogP contribution in [0, 0.1) is 0 Å². The number of esters is 1. The van der Waals surface area contributed by atoms with E-state index in [1.54, 1.807) is 0 Å². The Hall–Kier alpha value is -1.78. The predicted molar refractivity (Wildman–Crippen MR) is 82.5 cm³/mol. The van der Waals surface area contributed by atoms with Gasteiger partial charge in [-0.15, -0.1) is 0 Å². The Kier molecular flexibility index (Phi) is 6.31. The zero-order chi connectivity index (χ0) is 14.9. The quantitative estimate of drug-likeness (QED) is 0.620. The maximum atomic E-state index is 11.2. The maximum absolute atomic E-state index is 11.2. The van der Waals surface area contributed by atoms with Gasteiger partial charge in [-0.3, -0.25) is 9.48 Å². The molecule has 1 aliphatic heterocycles. The van der Waals surface area contributed by atoms with E-state index in [-0.39, 0.29) is 5.97 Å². The minimum atomic E-state index is -0.105. The van der Waals surface area contributed by atoms with Crippen LogP contribution in [-0.4, -0.2) is 28.9 Å². The molecule has 116 valence electrons. The van der Waals surface area contributed by atoms with E-state index in [9.17, 15) is 4.79 Å². The number of piperidine rings is 1. The molecule has 0 saturated carbocycles.